The van der Waals surface area contributed by atoms with Gasteiger partial charge in [-0.05, 0) is 83.1 Å². The quantitative estimate of drug-likeness (QED) is 0.607. The molecule has 1 atom stereocenters. The lowest BCUT2D eigenvalue weighted by Crippen LogP contribution is -2.48. The van der Waals surface area contributed by atoms with E-state index in [2.05, 4.69) is 47.6 Å². The monoisotopic (exact) mass is 476 g/mol. The van der Waals surface area contributed by atoms with Gasteiger partial charge in [0.2, 0.25) is 0 Å². The third-order valence-corrected chi connectivity index (χ3v) is 5.26. The second-order valence-corrected chi connectivity index (χ2v) is 9.08. The molecule has 30 heavy (non-hydrogen) atoms. The fraction of sp³-hybridized carbons (Fsp3) is 0.391. The summed E-state index contributed by atoms with van der Waals surface area (Å²) in [4.78, 5) is 24.2. The summed E-state index contributed by atoms with van der Waals surface area (Å²) in [6.45, 7) is 11.7. The lowest BCUT2D eigenvalue weighted by atomic mass is 9.87. The first-order valence-electron chi connectivity index (χ1n) is 9.73. The van der Waals surface area contributed by atoms with E-state index in [1.807, 2.05) is 44.2 Å². The van der Waals surface area contributed by atoms with E-state index < -0.39 is 17.9 Å². The van der Waals surface area contributed by atoms with Crippen LogP contribution in [0, 0.1) is 13.8 Å². The van der Waals surface area contributed by atoms with Crippen LogP contribution in [0.4, 0.5) is 0 Å². The number of nitrogens with one attached hydrogen (secondary N) is 2. The van der Waals surface area contributed by atoms with Crippen LogP contribution in [0.2, 0.25) is 0 Å². The number of ether oxygens (including phenoxy) is 2. The molecule has 0 spiro atoms. The zero-order valence-electron chi connectivity index (χ0n) is 18.3. The third-order valence-electron chi connectivity index (χ3n) is 4.64. The highest BCUT2D eigenvalue weighted by molar-refractivity contribution is 9.10. The molecule has 0 aliphatic carbocycles. The van der Waals surface area contributed by atoms with Crippen molar-refractivity contribution in [3.63, 3.8) is 0 Å². The van der Waals surface area contributed by atoms with E-state index in [1.54, 1.807) is 13.0 Å². The average molecular weight is 477 g/mol. The van der Waals surface area contributed by atoms with Crippen molar-refractivity contribution in [2.75, 3.05) is 6.61 Å². The van der Waals surface area contributed by atoms with E-state index in [0.717, 1.165) is 21.2 Å². The molecule has 0 aliphatic heterocycles. The van der Waals surface area contributed by atoms with Gasteiger partial charge in [0, 0.05) is 0 Å². The predicted octanol–water partition coefficient (Wildman–Crippen LogP) is 4.36. The van der Waals surface area contributed by atoms with Crippen molar-refractivity contribution >= 4 is 27.7 Å². The second kappa shape index (κ2) is 9.98. The molecular weight excluding hydrogens is 448 g/mol. The van der Waals surface area contributed by atoms with Gasteiger partial charge in [-0.15, -0.1) is 0 Å². The molecule has 2 amide bonds. The highest BCUT2D eigenvalue weighted by Crippen LogP contribution is 2.31. The smallest absolute Gasteiger partial charge is 0.279 e. The van der Waals surface area contributed by atoms with Gasteiger partial charge >= 0.3 is 0 Å². The molecule has 2 aromatic rings. The van der Waals surface area contributed by atoms with Crippen molar-refractivity contribution in [1.82, 2.24) is 10.9 Å². The Balaban J connectivity index is 1.81. The number of benzene rings is 2. The Bertz CT molecular complexity index is 922. The summed E-state index contributed by atoms with van der Waals surface area (Å²) >= 11 is 3.47. The van der Waals surface area contributed by atoms with Gasteiger partial charge in [0.05, 0.1) is 4.47 Å². The largest absolute Gasteiger partial charge is 0.483 e. The van der Waals surface area contributed by atoms with Gasteiger partial charge in [-0.1, -0.05) is 32.9 Å². The number of hydrogen-bond acceptors (Lipinski definition) is 4. The Morgan fingerprint density at radius 3 is 2.33 bits per heavy atom. The molecule has 0 aromatic heterocycles. The Morgan fingerprint density at radius 2 is 1.73 bits per heavy atom. The van der Waals surface area contributed by atoms with E-state index in [9.17, 15) is 9.59 Å². The molecule has 0 radical (unpaired) electrons. The number of rotatable bonds is 6. The molecule has 0 saturated heterocycles. The molecule has 6 nitrogen and oxygen atoms in total. The molecule has 0 bridgehead atoms. The Labute approximate surface area is 186 Å². The summed E-state index contributed by atoms with van der Waals surface area (Å²) in [6, 6.07) is 11.4. The van der Waals surface area contributed by atoms with Gasteiger partial charge in [0.1, 0.15) is 11.5 Å². The van der Waals surface area contributed by atoms with Crippen molar-refractivity contribution < 1.29 is 19.1 Å². The number of aryl methyl sites for hydroxylation is 2. The summed E-state index contributed by atoms with van der Waals surface area (Å²) in [7, 11) is 0. The molecule has 162 valence electrons. The second-order valence-electron chi connectivity index (χ2n) is 8.23. The molecular formula is C23H29BrN2O4. The van der Waals surface area contributed by atoms with Crippen molar-refractivity contribution in [3.8, 4) is 11.5 Å². The van der Waals surface area contributed by atoms with Crippen molar-refractivity contribution in [2.45, 2.75) is 53.1 Å². The van der Waals surface area contributed by atoms with Crippen LogP contribution < -0.4 is 20.3 Å². The summed E-state index contributed by atoms with van der Waals surface area (Å²) in [5.41, 5.74) is 8.07. The van der Waals surface area contributed by atoms with Gasteiger partial charge in [-0.25, -0.2) is 0 Å². The van der Waals surface area contributed by atoms with Crippen molar-refractivity contribution in [3.05, 3.63) is 57.6 Å². The minimum atomic E-state index is -0.771. The third kappa shape index (κ3) is 6.76. The lowest BCUT2D eigenvalue weighted by Gasteiger charge is -2.20. The number of amides is 2. The van der Waals surface area contributed by atoms with Crippen molar-refractivity contribution in [2.24, 2.45) is 0 Å². The van der Waals surface area contributed by atoms with Gasteiger partial charge in [-0.2, -0.15) is 0 Å². The van der Waals surface area contributed by atoms with E-state index in [1.165, 1.54) is 0 Å². The summed E-state index contributed by atoms with van der Waals surface area (Å²) in [5, 5.41) is 0. The predicted molar refractivity (Wildman–Crippen MR) is 121 cm³/mol. The molecule has 0 fully saturated rings. The summed E-state index contributed by atoms with van der Waals surface area (Å²) in [5.74, 6) is 0.209. The van der Waals surface area contributed by atoms with Gasteiger partial charge in [0.25, 0.3) is 11.8 Å². The van der Waals surface area contributed by atoms with Crippen molar-refractivity contribution in [1.29, 1.82) is 0 Å². The number of carbonyl (C=O) groups is 2. The molecule has 0 saturated carbocycles. The van der Waals surface area contributed by atoms with Crippen LogP contribution in [-0.4, -0.2) is 24.5 Å². The molecule has 7 heteroatoms. The highest BCUT2D eigenvalue weighted by atomic mass is 79.9. The van der Waals surface area contributed by atoms with Gasteiger partial charge in [0.15, 0.2) is 12.7 Å². The Morgan fingerprint density at radius 1 is 1.03 bits per heavy atom. The van der Waals surface area contributed by atoms with Crippen LogP contribution in [0.5, 0.6) is 11.5 Å². The average Bonchev–Trinajstić information content (AvgIpc) is 2.67. The number of carbonyl (C=O) groups excluding carboxylic acids is 2. The van der Waals surface area contributed by atoms with Gasteiger partial charge < -0.3 is 9.47 Å². The fourth-order valence-electron chi connectivity index (χ4n) is 2.54. The fourth-order valence-corrected chi connectivity index (χ4v) is 3.03. The van der Waals surface area contributed by atoms with E-state index in [0.29, 0.717) is 11.5 Å². The number of halogens is 1. The maximum absolute atomic E-state index is 12.2. The highest BCUT2D eigenvalue weighted by Gasteiger charge is 2.17. The first kappa shape index (κ1) is 23.7. The molecule has 0 aliphatic rings. The van der Waals surface area contributed by atoms with Crippen LogP contribution in [-0.2, 0) is 15.0 Å². The zero-order chi connectivity index (χ0) is 22.5. The zero-order valence-corrected chi connectivity index (χ0v) is 19.8. The van der Waals surface area contributed by atoms with Gasteiger partial charge in [-0.3, -0.25) is 20.4 Å². The Kier molecular flexibility index (Phi) is 7.89. The number of hydrogen-bond donors (Lipinski definition) is 2. The molecule has 1 unspecified atom stereocenters. The van der Waals surface area contributed by atoms with E-state index >= 15 is 0 Å². The standard InChI is InChI=1S/C23H29BrN2O4/c1-14-7-9-18(11-15(14)2)30-16(3)22(28)26-25-21(27)13-29-20-10-8-17(12-19(20)24)23(4,5)6/h7-12,16H,13H2,1-6H3,(H,25,27)(H,26,28). The Hall–Kier alpha value is -2.54. The number of hydrazine groups is 1. The topological polar surface area (TPSA) is 76.7 Å². The summed E-state index contributed by atoms with van der Waals surface area (Å²) < 4.78 is 11.9. The van der Waals surface area contributed by atoms with E-state index in [4.69, 9.17) is 9.47 Å². The first-order valence-corrected chi connectivity index (χ1v) is 10.5. The minimum absolute atomic E-state index is 0.0126. The maximum Gasteiger partial charge on any atom is 0.279 e. The normalized spacial score (nSPS) is 12.1. The van der Waals surface area contributed by atoms with Crippen LogP contribution >= 0.6 is 15.9 Å². The van der Waals surface area contributed by atoms with Crippen LogP contribution in [0.25, 0.3) is 0 Å². The molecule has 2 aromatic carbocycles. The first-order chi connectivity index (χ1) is 14.0. The van der Waals surface area contributed by atoms with E-state index in [-0.39, 0.29) is 12.0 Å². The SMILES string of the molecule is Cc1ccc(OC(C)C(=O)NNC(=O)COc2ccc(C(C)(C)C)cc2Br)cc1C. The molecule has 2 N–H and O–H groups in total. The van der Waals surface area contributed by atoms with Crippen LogP contribution in [0.15, 0.2) is 40.9 Å². The lowest BCUT2D eigenvalue weighted by molar-refractivity contribution is -0.133. The molecule has 2 rings (SSSR count). The molecule has 0 heterocycles. The minimum Gasteiger partial charge on any atom is -0.483 e. The van der Waals surface area contributed by atoms with Crippen LogP contribution in [0.3, 0.4) is 0 Å². The summed E-state index contributed by atoms with van der Waals surface area (Å²) in [6.07, 6.45) is -0.771. The van der Waals surface area contributed by atoms with Crippen LogP contribution in [0.1, 0.15) is 44.4 Å². The maximum atomic E-state index is 12.2.